The Morgan fingerprint density at radius 3 is 2.00 bits per heavy atom. The van der Waals surface area contributed by atoms with Crippen LogP contribution in [0.1, 0.15) is 55.3 Å². The van der Waals surface area contributed by atoms with E-state index in [1.54, 1.807) is 0 Å². The summed E-state index contributed by atoms with van der Waals surface area (Å²) < 4.78 is 0. The molecule has 0 aromatic heterocycles. The molecule has 2 fully saturated rings. The normalized spacial score (nSPS) is 19.3. The first kappa shape index (κ1) is 17.9. The lowest BCUT2D eigenvalue weighted by molar-refractivity contribution is -0.117. The van der Waals surface area contributed by atoms with Gasteiger partial charge in [-0.15, -0.1) is 0 Å². The van der Waals surface area contributed by atoms with Gasteiger partial charge in [0.25, 0.3) is 5.91 Å². The van der Waals surface area contributed by atoms with Gasteiger partial charge in [-0.25, -0.2) is 0 Å². The molecule has 25 heavy (non-hydrogen) atoms. The van der Waals surface area contributed by atoms with Crippen LogP contribution in [0.5, 0.6) is 0 Å². The summed E-state index contributed by atoms with van der Waals surface area (Å²) in [6.45, 7) is 4.18. The number of hydrogen-bond acceptors (Lipinski definition) is 3. The van der Waals surface area contributed by atoms with E-state index in [4.69, 9.17) is 0 Å². The third kappa shape index (κ3) is 5.30. The number of rotatable bonds is 4. The summed E-state index contributed by atoms with van der Waals surface area (Å²) >= 11 is 0. The molecule has 0 bridgehead atoms. The number of anilines is 1. The highest BCUT2D eigenvalue weighted by molar-refractivity contribution is 5.96. The van der Waals surface area contributed by atoms with Crippen LogP contribution in [0.15, 0.2) is 24.3 Å². The number of benzene rings is 1. The maximum atomic E-state index is 12.5. The largest absolute Gasteiger partial charge is 0.339 e. The molecule has 0 spiro atoms. The second-order valence-electron chi connectivity index (χ2n) is 7.17. The molecule has 0 saturated carbocycles. The zero-order chi connectivity index (χ0) is 17.5. The van der Waals surface area contributed by atoms with Gasteiger partial charge in [-0.3, -0.25) is 14.5 Å². The molecule has 0 unspecified atom stereocenters. The fraction of sp³-hybridized carbons (Fsp3) is 0.600. The summed E-state index contributed by atoms with van der Waals surface area (Å²) in [5.74, 6) is 0.124. The van der Waals surface area contributed by atoms with Gasteiger partial charge >= 0.3 is 0 Å². The van der Waals surface area contributed by atoms with Crippen molar-refractivity contribution in [1.29, 1.82) is 0 Å². The van der Waals surface area contributed by atoms with Crippen molar-refractivity contribution in [3.8, 4) is 0 Å². The number of hydrogen-bond donors (Lipinski definition) is 1. The highest BCUT2D eigenvalue weighted by Gasteiger charge is 2.18. The van der Waals surface area contributed by atoms with Gasteiger partial charge in [0.15, 0.2) is 0 Å². The summed E-state index contributed by atoms with van der Waals surface area (Å²) in [6, 6.07) is 7.30. The van der Waals surface area contributed by atoms with E-state index in [0.717, 1.165) is 44.7 Å². The van der Waals surface area contributed by atoms with Gasteiger partial charge in [0, 0.05) is 24.3 Å². The minimum absolute atomic E-state index is 0.0250. The van der Waals surface area contributed by atoms with E-state index in [2.05, 4.69) is 10.2 Å². The Kier molecular flexibility index (Phi) is 6.45. The minimum atomic E-state index is 0.0250. The molecule has 5 nitrogen and oxygen atoms in total. The third-order valence-corrected chi connectivity index (χ3v) is 5.12. The Labute approximate surface area is 150 Å². The van der Waals surface area contributed by atoms with Crippen LogP contribution in [0.25, 0.3) is 0 Å². The summed E-state index contributed by atoms with van der Waals surface area (Å²) in [4.78, 5) is 28.9. The Morgan fingerprint density at radius 2 is 1.36 bits per heavy atom. The molecule has 2 heterocycles. The fourth-order valence-corrected chi connectivity index (χ4v) is 3.67. The first-order valence-corrected chi connectivity index (χ1v) is 9.64. The van der Waals surface area contributed by atoms with Crippen molar-refractivity contribution in [1.82, 2.24) is 9.80 Å². The molecular weight excluding hydrogens is 314 g/mol. The minimum Gasteiger partial charge on any atom is -0.339 e. The van der Waals surface area contributed by atoms with Crippen molar-refractivity contribution in [2.24, 2.45) is 0 Å². The number of piperidine rings is 1. The van der Waals surface area contributed by atoms with Gasteiger partial charge in [0.2, 0.25) is 5.91 Å². The van der Waals surface area contributed by atoms with Gasteiger partial charge in [-0.2, -0.15) is 0 Å². The Balaban J connectivity index is 1.51. The lowest BCUT2D eigenvalue weighted by Crippen LogP contribution is -2.35. The molecule has 2 saturated heterocycles. The molecule has 0 radical (unpaired) electrons. The van der Waals surface area contributed by atoms with E-state index in [1.165, 1.54) is 32.1 Å². The van der Waals surface area contributed by atoms with Gasteiger partial charge in [0.05, 0.1) is 6.54 Å². The van der Waals surface area contributed by atoms with Crippen molar-refractivity contribution in [3.05, 3.63) is 29.8 Å². The molecule has 0 aliphatic carbocycles. The van der Waals surface area contributed by atoms with E-state index in [0.29, 0.717) is 12.1 Å². The number of carbonyl (C=O) groups excluding carboxylic acids is 2. The van der Waals surface area contributed by atoms with E-state index >= 15 is 0 Å². The number of nitrogens with one attached hydrogen (secondary N) is 1. The predicted octanol–water partition coefficient (Wildman–Crippen LogP) is 3.13. The molecule has 1 aromatic carbocycles. The molecule has 5 heteroatoms. The van der Waals surface area contributed by atoms with Crippen LogP contribution in [0.2, 0.25) is 0 Å². The average molecular weight is 343 g/mol. The maximum absolute atomic E-state index is 12.5. The quantitative estimate of drug-likeness (QED) is 0.914. The topological polar surface area (TPSA) is 52.7 Å². The van der Waals surface area contributed by atoms with Crippen LogP contribution in [0, 0.1) is 0 Å². The van der Waals surface area contributed by atoms with E-state index in [9.17, 15) is 9.59 Å². The highest BCUT2D eigenvalue weighted by atomic mass is 16.2. The van der Waals surface area contributed by atoms with Crippen LogP contribution in [-0.4, -0.2) is 54.3 Å². The van der Waals surface area contributed by atoms with Crippen LogP contribution >= 0.6 is 0 Å². The standard InChI is InChI=1S/C20H29N3O2/c24-19(16-22-12-4-1-2-5-13-22)21-18-10-8-17(9-11-18)20(25)23-14-6-3-7-15-23/h8-11H,1-7,12-16H2,(H,21,24). The van der Waals surface area contributed by atoms with E-state index in [-0.39, 0.29) is 11.8 Å². The van der Waals surface area contributed by atoms with Crippen molar-refractivity contribution < 1.29 is 9.59 Å². The SMILES string of the molecule is O=C(CN1CCCCCC1)Nc1ccc(C(=O)N2CCCCC2)cc1. The zero-order valence-electron chi connectivity index (χ0n) is 15.0. The highest BCUT2D eigenvalue weighted by Crippen LogP contribution is 2.16. The Morgan fingerprint density at radius 1 is 0.800 bits per heavy atom. The van der Waals surface area contributed by atoms with Gasteiger partial charge in [-0.05, 0) is 69.5 Å². The monoisotopic (exact) mass is 343 g/mol. The third-order valence-electron chi connectivity index (χ3n) is 5.12. The molecule has 3 rings (SSSR count). The Bertz CT molecular complexity index is 571. The fourth-order valence-electron chi connectivity index (χ4n) is 3.67. The summed E-state index contributed by atoms with van der Waals surface area (Å²) in [6.07, 6.45) is 8.30. The van der Waals surface area contributed by atoms with E-state index in [1.807, 2.05) is 29.2 Å². The lowest BCUT2D eigenvalue weighted by Gasteiger charge is -2.26. The second-order valence-corrected chi connectivity index (χ2v) is 7.17. The molecule has 136 valence electrons. The number of amides is 2. The lowest BCUT2D eigenvalue weighted by atomic mass is 10.1. The average Bonchev–Trinajstić information content (AvgIpc) is 2.91. The first-order valence-electron chi connectivity index (χ1n) is 9.64. The van der Waals surface area contributed by atoms with Crippen molar-refractivity contribution >= 4 is 17.5 Å². The van der Waals surface area contributed by atoms with Gasteiger partial charge in [-0.1, -0.05) is 12.8 Å². The number of carbonyl (C=O) groups is 2. The number of likely N-dealkylation sites (tertiary alicyclic amines) is 2. The molecular formula is C20H29N3O2. The summed E-state index contributed by atoms with van der Waals surface area (Å²) in [5.41, 5.74) is 1.46. The molecule has 0 atom stereocenters. The van der Waals surface area contributed by atoms with Crippen LogP contribution in [-0.2, 0) is 4.79 Å². The first-order chi connectivity index (χ1) is 12.2. The van der Waals surface area contributed by atoms with Crippen LogP contribution in [0.4, 0.5) is 5.69 Å². The second kappa shape index (κ2) is 8.99. The molecule has 2 aliphatic heterocycles. The van der Waals surface area contributed by atoms with Gasteiger partial charge < -0.3 is 10.2 Å². The molecule has 2 aliphatic rings. The van der Waals surface area contributed by atoms with Crippen LogP contribution < -0.4 is 5.32 Å². The zero-order valence-corrected chi connectivity index (χ0v) is 15.0. The molecule has 1 N–H and O–H groups in total. The summed E-state index contributed by atoms with van der Waals surface area (Å²) in [5, 5.41) is 2.95. The van der Waals surface area contributed by atoms with Crippen molar-refractivity contribution in [2.75, 3.05) is 38.0 Å². The van der Waals surface area contributed by atoms with Crippen molar-refractivity contribution in [3.63, 3.8) is 0 Å². The smallest absolute Gasteiger partial charge is 0.253 e. The maximum Gasteiger partial charge on any atom is 0.253 e. The summed E-state index contributed by atoms with van der Waals surface area (Å²) in [7, 11) is 0. The van der Waals surface area contributed by atoms with Crippen molar-refractivity contribution in [2.45, 2.75) is 44.9 Å². The molecule has 2 amide bonds. The number of nitrogens with zero attached hydrogens (tertiary/aromatic N) is 2. The predicted molar refractivity (Wildman–Crippen MR) is 99.7 cm³/mol. The van der Waals surface area contributed by atoms with E-state index < -0.39 is 0 Å². The molecule has 1 aromatic rings. The van der Waals surface area contributed by atoms with Gasteiger partial charge in [0.1, 0.15) is 0 Å². The Hall–Kier alpha value is -1.88. The van der Waals surface area contributed by atoms with Crippen LogP contribution in [0.3, 0.4) is 0 Å².